The smallest absolute Gasteiger partial charge is 0.159 e. The third-order valence-corrected chi connectivity index (χ3v) is 2.94. The Labute approximate surface area is 101 Å². The van der Waals surface area contributed by atoms with Gasteiger partial charge in [0, 0.05) is 6.54 Å². The average Bonchev–Trinajstić information content (AvgIpc) is 2.33. The van der Waals surface area contributed by atoms with Gasteiger partial charge in [-0.3, -0.25) is 0 Å². The Hall–Kier alpha value is -1.00. The average molecular weight is 243 g/mol. The Kier molecular flexibility index (Phi) is 5.51. The van der Waals surface area contributed by atoms with Gasteiger partial charge in [-0.25, -0.2) is 8.78 Å². The van der Waals surface area contributed by atoms with Crippen LogP contribution in [0.2, 0.25) is 0 Å². The van der Waals surface area contributed by atoms with Gasteiger partial charge >= 0.3 is 0 Å². The summed E-state index contributed by atoms with van der Waals surface area (Å²) in [7, 11) is 0. The minimum Gasteiger partial charge on any atom is -0.388 e. The predicted octanol–water partition coefficient (Wildman–Crippen LogP) is 2.73. The van der Waals surface area contributed by atoms with E-state index in [0.717, 1.165) is 31.8 Å². The van der Waals surface area contributed by atoms with E-state index in [-0.39, 0.29) is 0 Å². The van der Waals surface area contributed by atoms with Crippen molar-refractivity contribution in [2.75, 3.05) is 19.6 Å². The van der Waals surface area contributed by atoms with Crippen LogP contribution >= 0.6 is 0 Å². The van der Waals surface area contributed by atoms with Crippen LogP contribution < -0.4 is 0 Å². The molecule has 2 nitrogen and oxygen atoms in total. The van der Waals surface area contributed by atoms with E-state index in [4.69, 9.17) is 0 Å². The van der Waals surface area contributed by atoms with Crippen LogP contribution in [0.15, 0.2) is 18.2 Å². The second kappa shape index (κ2) is 6.67. The highest BCUT2D eigenvalue weighted by molar-refractivity contribution is 5.19. The summed E-state index contributed by atoms with van der Waals surface area (Å²) in [5.74, 6) is -1.80. The van der Waals surface area contributed by atoms with Crippen molar-refractivity contribution >= 4 is 0 Å². The zero-order valence-electron chi connectivity index (χ0n) is 10.3. The van der Waals surface area contributed by atoms with Gasteiger partial charge in [-0.1, -0.05) is 19.9 Å². The highest BCUT2D eigenvalue weighted by Gasteiger charge is 2.11. The summed E-state index contributed by atoms with van der Waals surface area (Å²) < 4.78 is 25.7. The molecule has 0 amide bonds. The highest BCUT2D eigenvalue weighted by atomic mass is 19.2. The maximum Gasteiger partial charge on any atom is 0.159 e. The van der Waals surface area contributed by atoms with Crippen LogP contribution in [-0.2, 0) is 0 Å². The Morgan fingerprint density at radius 3 is 2.35 bits per heavy atom. The molecule has 4 heteroatoms. The van der Waals surface area contributed by atoms with E-state index in [9.17, 15) is 13.9 Å². The first-order valence-corrected chi connectivity index (χ1v) is 5.93. The Bertz CT molecular complexity index is 353. The first kappa shape index (κ1) is 14.1. The molecule has 96 valence electrons. The molecule has 1 unspecified atom stereocenters. The number of halogens is 2. The molecule has 1 atom stereocenters. The summed E-state index contributed by atoms with van der Waals surface area (Å²) in [6.07, 6.45) is -0.224. The summed E-state index contributed by atoms with van der Waals surface area (Å²) in [6, 6.07) is 3.53. The Morgan fingerprint density at radius 1 is 1.18 bits per heavy atom. The van der Waals surface area contributed by atoms with Crippen molar-refractivity contribution in [3.63, 3.8) is 0 Å². The first-order valence-electron chi connectivity index (χ1n) is 5.93. The molecule has 17 heavy (non-hydrogen) atoms. The van der Waals surface area contributed by atoms with Crippen molar-refractivity contribution in [2.45, 2.75) is 26.4 Å². The van der Waals surface area contributed by atoms with Crippen LogP contribution in [-0.4, -0.2) is 29.6 Å². The monoisotopic (exact) mass is 243 g/mol. The summed E-state index contributed by atoms with van der Waals surface area (Å²) >= 11 is 0. The summed E-state index contributed by atoms with van der Waals surface area (Å²) in [6.45, 7) is 6.68. The van der Waals surface area contributed by atoms with Crippen molar-refractivity contribution in [3.8, 4) is 0 Å². The standard InChI is InChI=1S/C13H19F2NO/c1-3-16(4-2)8-7-13(17)10-5-6-11(14)12(15)9-10/h5-6,9,13,17H,3-4,7-8H2,1-2H3. The topological polar surface area (TPSA) is 23.5 Å². The molecule has 1 aromatic carbocycles. The molecule has 0 spiro atoms. The lowest BCUT2D eigenvalue weighted by molar-refractivity contribution is 0.145. The van der Waals surface area contributed by atoms with E-state index in [1.54, 1.807) is 0 Å². The fourth-order valence-corrected chi connectivity index (χ4v) is 1.73. The van der Waals surface area contributed by atoms with Crippen LogP contribution in [0.5, 0.6) is 0 Å². The molecule has 0 aromatic heterocycles. The molecule has 0 aliphatic heterocycles. The molecule has 0 aliphatic carbocycles. The van der Waals surface area contributed by atoms with Gasteiger partial charge in [0.1, 0.15) is 0 Å². The van der Waals surface area contributed by atoms with Crippen molar-refractivity contribution in [1.82, 2.24) is 4.90 Å². The number of hydrogen-bond donors (Lipinski definition) is 1. The lowest BCUT2D eigenvalue weighted by atomic mass is 10.1. The SMILES string of the molecule is CCN(CC)CCC(O)c1ccc(F)c(F)c1. The number of aliphatic hydroxyl groups excluding tert-OH is 1. The maximum absolute atomic E-state index is 13.0. The van der Waals surface area contributed by atoms with Gasteiger partial charge < -0.3 is 10.0 Å². The molecular formula is C13H19F2NO. The lowest BCUT2D eigenvalue weighted by Gasteiger charge is -2.20. The van der Waals surface area contributed by atoms with Gasteiger partial charge in [0.2, 0.25) is 0 Å². The fraction of sp³-hybridized carbons (Fsp3) is 0.538. The van der Waals surface area contributed by atoms with Crippen molar-refractivity contribution < 1.29 is 13.9 Å². The van der Waals surface area contributed by atoms with E-state index < -0.39 is 17.7 Å². The van der Waals surface area contributed by atoms with Crippen LogP contribution in [0, 0.1) is 11.6 Å². The third kappa shape index (κ3) is 4.06. The molecular weight excluding hydrogens is 224 g/mol. The van der Waals surface area contributed by atoms with Crippen LogP contribution in [0.1, 0.15) is 31.9 Å². The fourth-order valence-electron chi connectivity index (χ4n) is 1.73. The molecule has 0 heterocycles. The molecule has 0 saturated heterocycles. The van der Waals surface area contributed by atoms with Gasteiger partial charge in [-0.15, -0.1) is 0 Å². The Morgan fingerprint density at radius 2 is 1.82 bits per heavy atom. The number of rotatable bonds is 6. The minimum absolute atomic E-state index is 0.427. The summed E-state index contributed by atoms with van der Waals surface area (Å²) in [5, 5.41) is 9.86. The van der Waals surface area contributed by atoms with Gasteiger partial charge in [-0.05, 0) is 37.2 Å². The molecule has 0 bridgehead atoms. The van der Waals surface area contributed by atoms with E-state index in [1.807, 2.05) is 13.8 Å². The van der Waals surface area contributed by atoms with E-state index in [0.29, 0.717) is 12.0 Å². The van der Waals surface area contributed by atoms with E-state index >= 15 is 0 Å². The number of nitrogens with zero attached hydrogens (tertiary/aromatic N) is 1. The molecule has 0 aliphatic rings. The maximum atomic E-state index is 13.0. The van der Waals surface area contributed by atoms with Crippen LogP contribution in [0.25, 0.3) is 0 Å². The lowest BCUT2D eigenvalue weighted by Crippen LogP contribution is -2.25. The quantitative estimate of drug-likeness (QED) is 0.830. The summed E-state index contributed by atoms with van der Waals surface area (Å²) in [4.78, 5) is 2.17. The van der Waals surface area contributed by atoms with Gasteiger partial charge in [0.15, 0.2) is 11.6 Å². The highest BCUT2D eigenvalue weighted by Crippen LogP contribution is 2.19. The van der Waals surface area contributed by atoms with Crippen LogP contribution in [0.3, 0.4) is 0 Å². The second-order valence-electron chi connectivity index (χ2n) is 4.00. The second-order valence-corrected chi connectivity index (χ2v) is 4.00. The van der Waals surface area contributed by atoms with Crippen molar-refractivity contribution in [3.05, 3.63) is 35.4 Å². The molecule has 0 fully saturated rings. The predicted molar refractivity (Wildman–Crippen MR) is 63.7 cm³/mol. The number of hydrogen-bond acceptors (Lipinski definition) is 2. The summed E-state index contributed by atoms with van der Waals surface area (Å²) in [5.41, 5.74) is 0.427. The van der Waals surface area contributed by atoms with Crippen LogP contribution in [0.4, 0.5) is 8.78 Å². The zero-order chi connectivity index (χ0) is 12.8. The normalized spacial score (nSPS) is 13.1. The van der Waals surface area contributed by atoms with Crippen molar-refractivity contribution in [2.24, 2.45) is 0 Å². The largest absolute Gasteiger partial charge is 0.388 e. The molecule has 0 saturated carbocycles. The minimum atomic E-state index is -0.913. The van der Waals surface area contributed by atoms with Gasteiger partial charge in [0.05, 0.1) is 6.10 Å². The van der Waals surface area contributed by atoms with Crippen molar-refractivity contribution in [1.29, 1.82) is 0 Å². The molecule has 1 N–H and O–H groups in total. The molecule has 1 rings (SSSR count). The zero-order valence-corrected chi connectivity index (χ0v) is 10.3. The first-order chi connectivity index (χ1) is 8.08. The van der Waals surface area contributed by atoms with E-state index in [2.05, 4.69) is 4.90 Å². The number of benzene rings is 1. The third-order valence-electron chi connectivity index (χ3n) is 2.94. The van der Waals surface area contributed by atoms with E-state index in [1.165, 1.54) is 6.07 Å². The molecule has 1 aromatic rings. The van der Waals surface area contributed by atoms with Gasteiger partial charge in [0.25, 0.3) is 0 Å². The Balaban J connectivity index is 2.57. The van der Waals surface area contributed by atoms with Gasteiger partial charge in [-0.2, -0.15) is 0 Å². The number of aliphatic hydroxyl groups is 1. The molecule has 0 radical (unpaired) electrons.